The summed E-state index contributed by atoms with van der Waals surface area (Å²) >= 11 is 14.1. The van der Waals surface area contributed by atoms with Gasteiger partial charge in [-0.3, -0.25) is 9.59 Å². The molecule has 0 atom stereocenters. The molecule has 0 spiro atoms. The van der Waals surface area contributed by atoms with Gasteiger partial charge >= 0.3 is 0 Å². The molecule has 2 amide bonds. The van der Waals surface area contributed by atoms with E-state index < -0.39 is 0 Å². The highest BCUT2D eigenvalue weighted by atomic mass is 79.9. The van der Waals surface area contributed by atoms with E-state index in [0.29, 0.717) is 22.0 Å². The van der Waals surface area contributed by atoms with Crippen LogP contribution in [0.3, 0.4) is 0 Å². The van der Waals surface area contributed by atoms with Crippen molar-refractivity contribution in [3.05, 3.63) is 42.4 Å². The lowest BCUT2D eigenvalue weighted by molar-refractivity contribution is -0.114. The van der Waals surface area contributed by atoms with Gasteiger partial charge in [0.1, 0.15) is 0 Å². The van der Waals surface area contributed by atoms with Crippen molar-refractivity contribution in [3.8, 4) is 0 Å². The average molecular weight is 453 g/mol. The molecule has 2 aromatic rings. The van der Waals surface area contributed by atoms with E-state index in [1.54, 1.807) is 24.3 Å². The normalized spacial score (nSPS) is 10.3. The Balaban J connectivity index is 2.16. The maximum absolute atomic E-state index is 12.2. The van der Waals surface area contributed by atoms with Gasteiger partial charge in [-0.2, -0.15) is 0 Å². The van der Waals surface area contributed by atoms with Gasteiger partial charge in [0.15, 0.2) is 0 Å². The standard InChI is InChI=1S/C13H9Br2ClN2O2S/c1-6(19)17-10-3-2-7(4-9(10)16)18-13(20)8-5-11(14)21-12(8)15/h2-5H,1H3,(H,17,19)(H,18,20). The topological polar surface area (TPSA) is 58.2 Å². The third-order valence-electron chi connectivity index (χ3n) is 2.44. The van der Waals surface area contributed by atoms with E-state index in [-0.39, 0.29) is 11.8 Å². The van der Waals surface area contributed by atoms with Crippen molar-refractivity contribution in [2.45, 2.75) is 6.92 Å². The van der Waals surface area contributed by atoms with Crippen molar-refractivity contribution in [3.63, 3.8) is 0 Å². The smallest absolute Gasteiger partial charge is 0.257 e. The Morgan fingerprint density at radius 1 is 1.19 bits per heavy atom. The van der Waals surface area contributed by atoms with Crippen LogP contribution in [0.15, 0.2) is 31.8 Å². The Morgan fingerprint density at radius 2 is 1.90 bits per heavy atom. The van der Waals surface area contributed by atoms with Gasteiger partial charge in [-0.05, 0) is 56.1 Å². The second-order valence-electron chi connectivity index (χ2n) is 4.07. The summed E-state index contributed by atoms with van der Waals surface area (Å²) in [4.78, 5) is 23.2. The van der Waals surface area contributed by atoms with Gasteiger partial charge < -0.3 is 10.6 Å². The lowest BCUT2D eigenvalue weighted by atomic mass is 10.2. The zero-order valence-corrected chi connectivity index (χ0v) is 15.4. The molecule has 8 heteroatoms. The van der Waals surface area contributed by atoms with Crippen LogP contribution < -0.4 is 10.6 Å². The molecule has 0 aliphatic heterocycles. The molecule has 0 fully saturated rings. The highest BCUT2D eigenvalue weighted by Crippen LogP contribution is 2.32. The second-order valence-corrected chi connectivity index (χ2v) is 8.22. The quantitative estimate of drug-likeness (QED) is 0.678. The van der Waals surface area contributed by atoms with Crippen molar-refractivity contribution in [2.24, 2.45) is 0 Å². The fourth-order valence-electron chi connectivity index (χ4n) is 1.58. The fourth-order valence-corrected chi connectivity index (χ4v) is 4.60. The van der Waals surface area contributed by atoms with Crippen LogP contribution in [0.1, 0.15) is 17.3 Å². The largest absolute Gasteiger partial charge is 0.325 e. The van der Waals surface area contributed by atoms with Crippen LogP contribution in [0, 0.1) is 0 Å². The number of amides is 2. The fraction of sp³-hybridized carbons (Fsp3) is 0.0769. The summed E-state index contributed by atoms with van der Waals surface area (Å²) < 4.78 is 1.60. The Hall–Kier alpha value is -0.890. The molecule has 0 aliphatic rings. The summed E-state index contributed by atoms with van der Waals surface area (Å²) in [7, 11) is 0. The lowest BCUT2D eigenvalue weighted by Crippen LogP contribution is -2.12. The molecule has 21 heavy (non-hydrogen) atoms. The summed E-state index contributed by atoms with van der Waals surface area (Å²) in [5.74, 6) is -0.451. The van der Waals surface area contributed by atoms with Crippen molar-refractivity contribution in [1.82, 2.24) is 0 Å². The minimum Gasteiger partial charge on any atom is -0.325 e. The summed E-state index contributed by atoms with van der Waals surface area (Å²) in [5.41, 5.74) is 1.59. The molecule has 1 aromatic carbocycles. The Morgan fingerprint density at radius 3 is 2.43 bits per heavy atom. The maximum Gasteiger partial charge on any atom is 0.257 e. The van der Waals surface area contributed by atoms with Crippen molar-refractivity contribution in [1.29, 1.82) is 0 Å². The van der Waals surface area contributed by atoms with Gasteiger partial charge in [-0.25, -0.2) is 0 Å². The van der Waals surface area contributed by atoms with Crippen LogP contribution in [0.2, 0.25) is 5.02 Å². The van der Waals surface area contributed by atoms with Crippen molar-refractivity contribution < 1.29 is 9.59 Å². The second kappa shape index (κ2) is 6.91. The predicted octanol–water partition coefficient (Wildman–Crippen LogP) is 5.14. The molecular weight excluding hydrogens is 443 g/mol. The van der Waals surface area contributed by atoms with E-state index in [4.69, 9.17) is 11.6 Å². The van der Waals surface area contributed by atoms with Gasteiger partial charge in [-0.1, -0.05) is 11.6 Å². The van der Waals surface area contributed by atoms with Crippen LogP contribution in [0.4, 0.5) is 11.4 Å². The zero-order valence-electron chi connectivity index (χ0n) is 10.7. The van der Waals surface area contributed by atoms with Gasteiger partial charge in [0.2, 0.25) is 5.91 Å². The number of anilines is 2. The number of benzene rings is 1. The number of rotatable bonds is 3. The molecule has 0 saturated heterocycles. The summed E-state index contributed by atoms with van der Waals surface area (Å²) in [5, 5.41) is 5.71. The van der Waals surface area contributed by atoms with Gasteiger partial charge in [-0.15, -0.1) is 11.3 Å². The number of thiophene rings is 1. The predicted molar refractivity (Wildman–Crippen MR) is 93.4 cm³/mol. The Bertz CT molecular complexity index is 718. The third kappa shape index (κ3) is 4.29. The van der Waals surface area contributed by atoms with E-state index in [0.717, 1.165) is 7.57 Å². The number of carbonyl (C=O) groups is 2. The summed E-state index contributed by atoms with van der Waals surface area (Å²) in [6.45, 7) is 1.40. The van der Waals surface area contributed by atoms with Crippen LogP contribution in [-0.4, -0.2) is 11.8 Å². The number of nitrogens with one attached hydrogen (secondary N) is 2. The third-order valence-corrected chi connectivity index (χ3v) is 5.09. The van der Waals surface area contributed by atoms with Gasteiger partial charge in [0.25, 0.3) is 5.91 Å². The number of hydrogen-bond acceptors (Lipinski definition) is 3. The van der Waals surface area contributed by atoms with Crippen LogP contribution in [-0.2, 0) is 4.79 Å². The SMILES string of the molecule is CC(=O)Nc1ccc(NC(=O)c2cc(Br)sc2Br)cc1Cl. The lowest BCUT2D eigenvalue weighted by Gasteiger charge is -2.08. The molecule has 110 valence electrons. The maximum atomic E-state index is 12.2. The molecule has 0 saturated carbocycles. The number of halogens is 3. The first kappa shape index (κ1) is 16.5. The Labute approximate surface area is 147 Å². The molecule has 4 nitrogen and oxygen atoms in total. The molecule has 1 aromatic heterocycles. The molecule has 1 heterocycles. The minimum atomic E-state index is -0.243. The van der Waals surface area contributed by atoms with Crippen LogP contribution >= 0.6 is 54.8 Å². The van der Waals surface area contributed by atoms with E-state index >= 15 is 0 Å². The first-order valence-electron chi connectivity index (χ1n) is 5.70. The molecule has 2 N–H and O–H groups in total. The highest BCUT2D eigenvalue weighted by Gasteiger charge is 2.14. The van der Waals surface area contributed by atoms with E-state index in [9.17, 15) is 9.59 Å². The monoisotopic (exact) mass is 450 g/mol. The molecule has 0 bridgehead atoms. The molecule has 0 radical (unpaired) electrons. The van der Waals surface area contributed by atoms with Crippen molar-refractivity contribution in [2.75, 3.05) is 10.6 Å². The molecule has 2 rings (SSSR count). The Kier molecular flexibility index (Phi) is 5.43. The molecule has 0 aliphatic carbocycles. The van der Waals surface area contributed by atoms with Gasteiger partial charge in [0.05, 0.1) is 23.8 Å². The highest BCUT2D eigenvalue weighted by molar-refractivity contribution is 9.12. The van der Waals surface area contributed by atoms with Crippen LogP contribution in [0.5, 0.6) is 0 Å². The van der Waals surface area contributed by atoms with E-state index in [1.165, 1.54) is 18.3 Å². The van der Waals surface area contributed by atoms with E-state index in [1.807, 2.05) is 0 Å². The summed E-state index contributed by atoms with van der Waals surface area (Å²) in [6.07, 6.45) is 0. The van der Waals surface area contributed by atoms with Gasteiger partial charge in [0, 0.05) is 12.6 Å². The van der Waals surface area contributed by atoms with Crippen molar-refractivity contribution >= 4 is 78.0 Å². The average Bonchev–Trinajstić information content (AvgIpc) is 2.71. The van der Waals surface area contributed by atoms with E-state index in [2.05, 4.69) is 42.5 Å². The number of hydrogen-bond donors (Lipinski definition) is 2. The first-order chi connectivity index (χ1) is 9.86. The molecular formula is C13H9Br2ClN2O2S. The van der Waals surface area contributed by atoms with Crippen LogP contribution in [0.25, 0.3) is 0 Å². The summed E-state index contributed by atoms with van der Waals surface area (Å²) in [6, 6.07) is 6.62. The zero-order chi connectivity index (χ0) is 15.6. The minimum absolute atomic E-state index is 0.208. The first-order valence-corrected chi connectivity index (χ1v) is 8.48. The number of carbonyl (C=O) groups excluding carboxylic acids is 2. The molecule has 0 unspecified atom stereocenters.